The molecule has 0 saturated heterocycles. The summed E-state index contributed by atoms with van der Waals surface area (Å²) < 4.78 is 0. The summed E-state index contributed by atoms with van der Waals surface area (Å²) >= 11 is 8.01. The molecule has 18 heavy (non-hydrogen) atoms. The zero-order chi connectivity index (χ0) is 13.3. The highest BCUT2D eigenvalue weighted by Gasteiger charge is 2.18. The first-order chi connectivity index (χ1) is 8.50. The number of nitrogens with zero attached hydrogens (tertiary/aromatic N) is 1. The third kappa shape index (κ3) is 2.60. The van der Waals surface area contributed by atoms with E-state index in [1.165, 1.54) is 10.6 Å². The van der Waals surface area contributed by atoms with Crippen LogP contribution in [0.3, 0.4) is 0 Å². The third-order valence-electron chi connectivity index (χ3n) is 2.86. The third-order valence-corrected chi connectivity index (χ3v) is 4.59. The molecule has 0 bridgehead atoms. The molecule has 2 rings (SSSR count). The summed E-state index contributed by atoms with van der Waals surface area (Å²) in [4.78, 5) is 6.17. The van der Waals surface area contributed by atoms with Gasteiger partial charge in [-0.25, -0.2) is 4.98 Å². The van der Waals surface area contributed by atoms with Crippen molar-refractivity contribution in [3.05, 3.63) is 39.9 Å². The lowest BCUT2D eigenvalue weighted by Crippen LogP contribution is -1.95. The van der Waals surface area contributed by atoms with Crippen LogP contribution in [0.5, 0.6) is 0 Å². The second-order valence-corrected chi connectivity index (χ2v) is 6.50. The molecule has 0 spiro atoms. The van der Waals surface area contributed by atoms with Crippen LogP contribution in [0.2, 0.25) is 5.02 Å². The Morgan fingerprint density at radius 3 is 2.22 bits per heavy atom. The van der Waals surface area contributed by atoms with Gasteiger partial charge in [0.25, 0.3) is 0 Å². The highest BCUT2D eigenvalue weighted by molar-refractivity contribution is 7.15. The number of hydrogen-bond donors (Lipinski definition) is 0. The average molecular weight is 280 g/mol. The van der Waals surface area contributed by atoms with Crippen molar-refractivity contribution in [2.24, 2.45) is 0 Å². The number of benzene rings is 1. The monoisotopic (exact) mass is 279 g/mol. The fourth-order valence-corrected chi connectivity index (χ4v) is 3.46. The smallest absolute Gasteiger partial charge is 0.125 e. The van der Waals surface area contributed by atoms with Gasteiger partial charge in [-0.2, -0.15) is 0 Å². The average Bonchev–Trinajstić information content (AvgIpc) is 2.74. The van der Waals surface area contributed by atoms with Crippen molar-refractivity contribution in [1.82, 2.24) is 4.98 Å². The lowest BCUT2D eigenvalue weighted by molar-refractivity contribution is 0.781. The fourth-order valence-electron chi connectivity index (χ4n) is 1.92. The number of thiazole rings is 1. The Labute approximate surface area is 118 Å². The van der Waals surface area contributed by atoms with Crippen molar-refractivity contribution in [3.63, 3.8) is 0 Å². The van der Waals surface area contributed by atoms with Gasteiger partial charge < -0.3 is 0 Å². The quantitative estimate of drug-likeness (QED) is 0.701. The molecule has 0 saturated carbocycles. The van der Waals surface area contributed by atoms with Crippen molar-refractivity contribution in [1.29, 1.82) is 0 Å². The van der Waals surface area contributed by atoms with Crippen molar-refractivity contribution in [2.45, 2.75) is 39.5 Å². The maximum Gasteiger partial charge on any atom is 0.125 e. The van der Waals surface area contributed by atoms with Gasteiger partial charge in [-0.15, -0.1) is 11.3 Å². The predicted molar refractivity (Wildman–Crippen MR) is 80.7 cm³/mol. The lowest BCUT2D eigenvalue weighted by atomic mass is 10.0. The van der Waals surface area contributed by atoms with Gasteiger partial charge in [0.05, 0.1) is 10.7 Å². The van der Waals surface area contributed by atoms with E-state index in [4.69, 9.17) is 16.6 Å². The summed E-state index contributed by atoms with van der Waals surface area (Å²) in [7, 11) is 0. The van der Waals surface area contributed by atoms with Crippen LogP contribution in [-0.4, -0.2) is 4.98 Å². The van der Waals surface area contributed by atoms with Gasteiger partial charge in [-0.3, -0.25) is 0 Å². The molecular weight excluding hydrogens is 262 g/mol. The minimum absolute atomic E-state index is 0.454. The van der Waals surface area contributed by atoms with Crippen LogP contribution in [-0.2, 0) is 0 Å². The molecule has 0 N–H and O–H groups in total. The van der Waals surface area contributed by atoms with Crippen LogP contribution in [0.1, 0.15) is 50.1 Å². The number of halogens is 1. The topological polar surface area (TPSA) is 12.9 Å². The highest BCUT2D eigenvalue weighted by atomic mass is 35.5. The molecule has 0 aliphatic rings. The van der Waals surface area contributed by atoms with E-state index < -0.39 is 0 Å². The van der Waals surface area contributed by atoms with E-state index in [0.29, 0.717) is 11.8 Å². The maximum absolute atomic E-state index is 6.25. The molecule has 0 unspecified atom stereocenters. The van der Waals surface area contributed by atoms with Gasteiger partial charge in [0.2, 0.25) is 0 Å². The van der Waals surface area contributed by atoms with E-state index in [0.717, 1.165) is 15.6 Å². The molecule has 0 radical (unpaired) electrons. The normalized spacial score (nSPS) is 11.5. The Morgan fingerprint density at radius 1 is 1.06 bits per heavy atom. The van der Waals surface area contributed by atoms with E-state index in [9.17, 15) is 0 Å². The lowest BCUT2D eigenvalue weighted by Gasteiger charge is -2.07. The van der Waals surface area contributed by atoms with Crippen LogP contribution in [0, 0.1) is 0 Å². The molecule has 3 heteroatoms. The first-order valence-electron chi connectivity index (χ1n) is 6.26. The summed E-state index contributed by atoms with van der Waals surface area (Å²) in [6.07, 6.45) is 0. The van der Waals surface area contributed by atoms with Crippen molar-refractivity contribution < 1.29 is 0 Å². The minimum Gasteiger partial charge on any atom is -0.240 e. The molecule has 1 aromatic heterocycles. The van der Waals surface area contributed by atoms with Crippen LogP contribution in [0.25, 0.3) is 10.6 Å². The number of hydrogen-bond acceptors (Lipinski definition) is 2. The largest absolute Gasteiger partial charge is 0.240 e. The Hall–Kier alpha value is -0.860. The molecule has 0 aliphatic heterocycles. The number of rotatable bonds is 3. The van der Waals surface area contributed by atoms with Crippen molar-refractivity contribution in [2.75, 3.05) is 0 Å². The molecule has 1 aromatic carbocycles. The van der Waals surface area contributed by atoms with Gasteiger partial charge in [-0.05, 0) is 17.9 Å². The first kappa shape index (κ1) is 13.6. The summed E-state index contributed by atoms with van der Waals surface area (Å²) in [5.41, 5.74) is 2.25. The molecule has 96 valence electrons. The van der Waals surface area contributed by atoms with E-state index in [-0.39, 0.29) is 0 Å². The molecule has 0 atom stereocenters. The van der Waals surface area contributed by atoms with Gasteiger partial charge in [0, 0.05) is 10.4 Å². The van der Waals surface area contributed by atoms with Gasteiger partial charge in [0.15, 0.2) is 0 Å². The second kappa shape index (κ2) is 5.41. The summed E-state index contributed by atoms with van der Waals surface area (Å²) in [6, 6.07) is 7.91. The van der Waals surface area contributed by atoms with E-state index in [2.05, 4.69) is 27.7 Å². The van der Waals surface area contributed by atoms with Crippen molar-refractivity contribution >= 4 is 22.9 Å². The molecular formula is C15H18ClNS. The fraction of sp³-hybridized carbons (Fsp3) is 0.400. The predicted octanol–water partition coefficient (Wildman–Crippen LogP) is 5.71. The Kier molecular flexibility index (Phi) is 4.08. The Morgan fingerprint density at radius 2 is 1.72 bits per heavy atom. The summed E-state index contributed by atoms with van der Waals surface area (Å²) in [5, 5.41) is 1.81. The molecule has 2 aromatic rings. The van der Waals surface area contributed by atoms with Crippen LogP contribution in [0.4, 0.5) is 0 Å². The van der Waals surface area contributed by atoms with E-state index in [1.807, 2.05) is 24.3 Å². The molecule has 1 heterocycles. The van der Waals surface area contributed by atoms with Gasteiger partial charge >= 0.3 is 0 Å². The minimum atomic E-state index is 0.454. The SMILES string of the molecule is CC(C)c1nc(-c2ccccc2Cl)sc1C(C)C. The second-order valence-electron chi connectivity index (χ2n) is 5.06. The van der Waals surface area contributed by atoms with Crippen LogP contribution in [0.15, 0.2) is 24.3 Å². The van der Waals surface area contributed by atoms with Crippen molar-refractivity contribution in [3.8, 4) is 10.6 Å². The zero-order valence-electron chi connectivity index (χ0n) is 11.2. The van der Waals surface area contributed by atoms with Gasteiger partial charge in [0.1, 0.15) is 5.01 Å². The van der Waals surface area contributed by atoms with E-state index >= 15 is 0 Å². The maximum atomic E-state index is 6.25. The molecule has 0 aliphatic carbocycles. The zero-order valence-corrected chi connectivity index (χ0v) is 12.8. The highest BCUT2D eigenvalue weighted by Crippen LogP contribution is 2.38. The number of aromatic nitrogens is 1. The molecule has 1 nitrogen and oxygen atoms in total. The first-order valence-corrected chi connectivity index (χ1v) is 7.45. The molecule has 0 fully saturated rings. The standard InChI is InChI=1S/C15H18ClNS/c1-9(2)13-14(10(3)4)18-15(17-13)11-7-5-6-8-12(11)16/h5-10H,1-4H3. The van der Waals surface area contributed by atoms with Crippen LogP contribution >= 0.6 is 22.9 Å². The van der Waals surface area contributed by atoms with E-state index in [1.54, 1.807) is 11.3 Å². The molecule has 0 amide bonds. The Balaban J connectivity index is 2.54. The summed E-state index contributed by atoms with van der Waals surface area (Å²) in [5.74, 6) is 0.964. The summed E-state index contributed by atoms with van der Waals surface area (Å²) in [6.45, 7) is 8.82. The van der Waals surface area contributed by atoms with Gasteiger partial charge in [-0.1, -0.05) is 57.5 Å². The Bertz CT molecular complexity index is 518. The van der Waals surface area contributed by atoms with Crippen LogP contribution < -0.4 is 0 Å².